The molecule has 0 radical (unpaired) electrons. The van der Waals surface area contributed by atoms with Crippen LogP contribution in [0.25, 0.3) is 0 Å². The standard InChI is InChI=1S/C22H25ClN2O2/c1-27-21-5-3-2-4-20(21)22(26)25-13-12-24-14-17(8-11-19(24)15-25)16-6-9-18(23)10-7-16/h2-7,9-10,17,19H,8,11-15H2,1H3/t17-,19+/m0/s1. The predicted molar refractivity (Wildman–Crippen MR) is 108 cm³/mol. The molecule has 4 nitrogen and oxygen atoms in total. The van der Waals surface area contributed by atoms with E-state index in [1.54, 1.807) is 7.11 Å². The van der Waals surface area contributed by atoms with Gasteiger partial charge in [-0.1, -0.05) is 35.9 Å². The lowest BCUT2D eigenvalue weighted by atomic mass is 9.86. The number of halogens is 1. The summed E-state index contributed by atoms with van der Waals surface area (Å²) in [5.41, 5.74) is 2.02. The monoisotopic (exact) mass is 384 g/mol. The van der Waals surface area contributed by atoms with Gasteiger partial charge in [0.2, 0.25) is 0 Å². The first-order chi connectivity index (χ1) is 13.2. The summed E-state index contributed by atoms with van der Waals surface area (Å²) in [7, 11) is 1.61. The van der Waals surface area contributed by atoms with Crippen LogP contribution in [0.2, 0.25) is 5.02 Å². The van der Waals surface area contributed by atoms with Crippen molar-refractivity contribution in [3.63, 3.8) is 0 Å². The van der Waals surface area contributed by atoms with Crippen LogP contribution >= 0.6 is 11.6 Å². The van der Waals surface area contributed by atoms with Crippen LogP contribution in [0.15, 0.2) is 48.5 Å². The second-order valence-corrected chi connectivity index (χ2v) is 7.86. The summed E-state index contributed by atoms with van der Waals surface area (Å²) in [5.74, 6) is 1.28. The highest BCUT2D eigenvalue weighted by Gasteiger charge is 2.35. The Labute approximate surface area is 165 Å². The van der Waals surface area contributed by atoms with Gasteiger partial charge in [0, 0.05) is 37.2 Å². The minimum Gasteiger partial charge on any atom is -0.496 e. The number of nitrogens with zero attached hydrogens (tertiary/aromatic N) is 2. The van der Waals surface area contributed by atoms with Gasteiger partial charge in [0.05, 0.1) is 12.7 Å². The van der Waals surface area contributed by atoms with Crippen LogP contribution in [0, 0.1) is 0 Å². The number of hydrogen-bond donors (Lipinski definition) is 0. The van der Waals surface area contributed by atoms with Gasteiger partial charge < -0.3 is 9.64 Å². The van der Waals surface area contributed by atoms with Crippen LogP contribution in [0.1, 0.15) is 34.7 Å². The fraction of sp³-hybridized carbons (Fsp3) is 0.409. The van der Waals surface area contributed by atoms with Crippen molar-refractivity contribution in [2.24, 2.45) is 0 Å². The third kappa shape index (κ3) is 3.83. The SMILES string of the molecule is COc1ccccc1C(=O)N1CCN2C[C@@H](c3ccc(Cl)cc3)CC[C@@H]2C1. The molecule has 0 unspecified atom stereocenters. The van der Waals surface area contributed by atoms with Crippen molar-refractivity contribution >= 4 is 17.5 Å². The van der Waals surface area contributed by atoms with Gasteiger partial charge in [-0.05, 0) is 48.6 Å². The van der Waals surface area contributed by atoms with Crippen molar-refractivity contribution in [2.45, 2.75) is 24.8 Å². The topological polar surface area (TPSA) is 32.8 Å². The first-order valence-electron chi connectivity index (χ1n) is 9.57. The number of carbonyl (C=O) groups is 1. The number of para-hydroxylation sites is 1. The maximum Gasteiger partial charge on any atom is 0.257 e. The second kappa shape index (κ2) is 7.91. The molecule has 2 saturated heterocycles. The molecule has 2 aromatic rings. The summed E-state index contributed by atoms with van der Waals surface area (Å²) < 4.78 is 5.37. The first kappa shape index (κ1) is 18.3. The smallest absolute Gasteiger partial charge is 0.257 e. The number of rotatable bonds is 3. The molecule has 2 atom stereocenters. The fourth-order valence-corrected chi connectivity index (χ4v) is 4.48. The summed E-state index contributed by atoms with van der Waals surface area (Å²) >= 11 is 6.02. The third-order valence-corrected chi connectivity index (χ3v) is 6.13. The Morgan fingerprint density at radius 1 is 1.04 bits per heavy atom. The van der Waals surface area contributed by atoms with Crippen LogP contribution in [-0.2, 0) is 0 Å². The molecule has 0 saturated carbocycles. The van der Waals surface area contributed by atoms with Gasteiger partial charge in [-0.15, -0.1) is 0 Å². The van der Waals surface area contributed by atoms with Crippen LogP contribution in [0.5, 0.6) is 5.75 Å². The minimum absolute atomic E-state index is 0.0759. The number of hydrogen-bond acceptors (Lipinski definition) is 3. The van der Waals surface area contributed by atoms with Crippen molar-refractivity contribution < 1.29 is 9.53 Å². The van der Waals surface area contributed by atoms with E-state index in [0.29, 0.717) is 23.3 Å². The van der Waals surface area contributed by atoms with Gasteiger partial charge in [0.25, 0.3) is 5.91 Å². The number of piperazine rings is 1. The number of methoxy groups -OCH3 is 1. The lowest BCUT2D eigenvalue weighted by Gasteiger charge is -2.46. The molecule has 0 N–H and O–H groups in total. The quantitative estimate of drug-likeness (QED) is 0.800. The van der Waals surface area contributed by atoms with Crippen LogP contribution < -0.4 is 4.74 Å². The average molecular weight is 385 g/mol. The Bertz CT molecular complexity index is 808. The van der Waals surface area contributed by atoms with E-state index in [0.717, 1.165) is 44.0 Å². The van der Waals surface area contributed by atoms with E-state index in [4.69, 9.17) is 16.3 Å². The molecule has 0 bridgehead atoms. The largest absolute Gasteiger partial charge is 0.496 e. The highest BCUT2D eigenvalue weighted by molar-refractivity contribution is 6.30. The normalized spacial score (nSPS) is 23.0. The van der Waals surface area contributed by atoms with Crippen LogP contribution in [-0.4, -0.2) is 55.0 Å². The van der Waals surface area contributed by atoms with E-state index in [1.807, 2.05) is 41.3 Å². The van der Waals surface area contributed by atoms with Crippen LogP contribution in [0.3, 0.4) is 0 Å². The van der Waals surface area contributed by atoms with Crippen LogP contribution in [0.4, 0.5) is 0 Å². The zero-order valence-corrected chi connectivity index (χ0v) is 16.4. The molecular formula is C22H25ClN2O2. The lowest BCUT2D eigenvalue weighted by Crippen LogP contribution is -2.57. The average Bonchev–Trinajstić information content (AvgIpc) is 2.73. The van der Waals surface area contributed by atoms with E-state index >= 15 is 0 Å². The maximum atomic E-state index is 13.0. The molecule has 5 heteroatoms. The van der Waals surface area contributed by atoms with E-state index in [9.17, 15) is 4.79 Å². The number of amides is 1. The number of benzene rings is 2. The molecule has 142 valence electrons. The molecule has 2 heterocycles. The highest BCUT2D eigenvalue weighted by atomic mass is 35.5. The Balaban J connectivity index is 1.42. The van der Waals surface area contributed by atoms with E-state index in [1.165, 1.54) is 5.56 Å². The van der Waals surface area contributed by atoms with Gasteiger partial charge >= 0.3 is 0 Å². The van der Waals surface area contributed by atoms with Gasteiger partial charge in [-0.2, -0.15) is 0 Å². The van der Waals surface area contributed by atoms with E-state index in [2.05, 4.69) is 17.0 Å². The third-order valence-electron chi connectivity index (χ3n) is 5.87. The molecule has 0 aromatic heterocycles. The second-order valence-electron chi connectivity index (χ2n) is 7.43. The Hall–Kier alpha value is -2.04. The van der Waals surface area contributed by atoms with E-state index < -0.39 is 0 Å². The zero-order chi connectivity index (χ0) is 18.8. The van der Waals surface area contributed by atoms with Crippen molar-refractivity contribution in [3.8, 4) is 5.75 Å². The zero-order valence-electron chi connectivity index (χ0n) is 15.6. The molecule has 0 aliphatic carbocycles. The summed E-state index contributed by atoms with van der Waals surface area (Å²) in [6.07, 6.45) is 2.27. The number of piperidine rings is 1. The Kier molecular flexibility index (Phi) is 5.37. The molecule has 27 heavy (non-hydrogen) atoms. The van der Waals surface area contributed by atoms with Crippen molar-refractivity contribution in [2.75, 3.05) is 33.3 Å². The molecule has 1 amide bonds. The summed E-state index contributed by atoms with van der Waals surface area (Å²) in [6, 6.07) is 16.2. The predicted octanol–water partition coefficient (Wildman–Crippen LogP) is 4.05. The van der Waals surface area contributed by atoms with Gasteiger partial charge in [-0.25, -0.2) is 0 Å². The molecular weight excluding hydrogens is 360 g/mol. The van der Waals surface area contributed by atoms with Crippen molar-refractivity contribution in [1.29, 1.82) is 0 Å². The molecule has 2 aromatic carbocycles. The minimum atomic E-state index is 0.0759. The summed E-state index contributed by atoms with van der Waals surface area (Å²) in [6.45, 7) is 3.55. The Morgan fingerprint density at radius 2 is 1.81 bits per heavy atom. The van der Waals surface area contributed by atoms with Gasteiger partial charge in [0.15, 0.2) is 0 Å². The van der Waals surface area contributed by atoms with Gasteiger partial charge in [0.1, 0.15) is 5.75 Å². The fourth-order valence-electron chi connectivity index (χ4n) is 4.36. The number of carbonyl (C=O) groups excluding carboxylic acids is 1. The molecule has 0 spiro atoms. The lowest BCUT2D eigenvalue weighted by molar-refractivity contribution is 0.0327. The molecule has 2 fully saturated rings. The van der Waals surface area contributed by atoms with E-state index in [-0.39, 0.29) is 5.91 Å². The highest BCUT2D eigenvalue weighted by Crippen LogP contribution is 2.33. The van der Waals surface area contributed by atoms with Crippen molar-refractivity contribution in [1.82, 2.24) is 9.80 Å². The molecule has 2 aliphatic heterocycles. The maximum absolute atomic E-state index is 13.0. The number of ether oxygens (including phenoxy) is 1. The Morgan fingerprint density at radius 3 is 2.59 bits per heavy atom. The molecule has 4 rings (SSSR count). The molecule has 2 aliphatic rings. The van der Waals surface area contributed by atoms with Gasteiger partial charge in [-0.3, -0.25) is 9.69 Å². The van der Waals surface area contributed by atoms with Crippen molar-refractivity contribution in [3.05, 3.63) is 64.7 Å². The summed E-state index contributed by atoms with van der Waals surface area (Å²) in [5, 5.41) is 0.788. The summed E-state index contributed by atoms with van der Waals surface area (Å²) in [4.78, 5) is 17.5. The first-order valence-corrected chi connectivity index (χ1v) is 9.95. The number of fused-ring (bicyclic) bond motifs is 1.